The van der Waals surface area contributed by atoms with Gasteiger partial charge in [0, 0.05) is 24.7 Å². The summed E-state index contributed by atoms with van der Waals surface area (Å²) in [7, 11) is 0. The molecule has 1 heterocycles. The maximum Gasteiger partial charge on any atom is 0.251 e. The fraction of sp³-hybridized carbons (Fsp3) is 0.556. The van der Waals surface area contributed by atoms with Crippen LogP contribution in [0.25, 0.3) is 0 Å². The smallest absolute Gasteiger partial charge is 0.251 e. The van der Waals surface area contributed by atoms with Gasteiger partial charge in [0.2, 0.25) is 5.91 Å². The second kappa shape index (κ2) is 9.64. The lowest BCUT2D eigenvalue weighted by Gasteiger charge is -2.34. The van der Waals surface area contributed by atoms with Gasteiger partial charge in [0.25, 0.3) is 5.91 Å². The molecule has 1 aliphatic rings. The molecule has 0 bridgehead atoms. The van der Waals surface area contributed by atoms with Crippen LogP contribution < -0.4 is 11.1 Å². The van der Waals surface area contributed by atoms with E-state index in [1.54, 1.807) is 12.1 Å². The van der Waals surface area contributed by atoms with Crippen LogP contribution in [0.5, 0.6) is 0 Å². The molecule has 134 valence electrons. The Kier molecular flexibility index (Phi) is 8.22. The van der Waals surface area contributed by atoms with Crippen LogP contribution in [0.1, 0.15) is 43.5 Å². The Hall–Kier alpha value is -1.59. The first-order chi connectivity index (χ1) is 11.0. The molecule has 1 aromatic carbocycles. The van der Waals surface area contributed by atoms with Gasteiger partial charge in [0.1, 0.15) is 0 Å². The average molecular weight is 354 g/mol. The molecule has 2 rings (SSSR count). The molecule has 0 aliphatic carbocycles. The van der Waals surface area contributed by atoms with E-state index >= 15 is 0 Å². The van der Waals surface area contributed by atoms with Crippen LogP contribution in [-0.2, 0) is 4.79 Å². The summed E-state index contributed by atoms with van der Waals surface area (Å²) in [5.74, 6) is 0.178. The molecule has 6 heteroatoms. The highest BCUT2D eigenvalue weighted by atomic mass is 35.5. The number of hydrogen-bond donors (Lipinski definition) is 2. The van der Waals surface area contributed by atoms with E-state index in [1.165, 1.54) is 0 Å². The van der Waals surface area contributed by atoms with E-state index in [4.69, 9.17) is 5.73 Å². The molecule has 0 radical (unpaired) electrons. The molecule has 2 atom stereocenters. The first-order valence-electron chi connectivity index (χ1n) is 8.43. The summed E-state index contributed by atoms with van der Waals surface area (Å²) in [4.78, 5) is 26.4. The van der Waals surface area contributed by atoms with Gasteiger partial charge in [-0.25, -0.2) is 0 Å². The maximum atomic E-state index is 12.4. The van der Waals surface area contributed by atoms with Gasteiger partial charge in [0.05, 0.1) is 6.04 Å². The lowest BCUT2D eigenvalue weighted by atomic mass is 9.97. The Morgan fingerprint density at radius 2 is 1.83 bits per heavy atom. The number of nitrogens with one attached hydrogen (secondary N) is 1. The van der Waals surface area contributed by atoms with Crippen molar-refractivity contribution in [2.24, 2.45) is 11.7 Å². The molecule has 5 nitrogen and oxygen atoms in total. The van der Waals surface area contributed by atoms with Crippen LogP contribution in [-0.4, -0.2) is 41.9 Å². The molecule has 3 N–H and O–H groups in total. The number of rotatable bonds is 5. The van der Waals surface area contributed by atoms with E-state index < -0.39 is 6.04 Å². The van der Waals surface area contributed by atoms with Crippen molar-refractivity contribution in [3.63, 3.8) is 0 Å². The van der Waals surface area contributed by atoms with Crippen molar-refractivity contribution in [1.82, 2.24) is 10.2 Å². The Bertz CT molecular complexity index is 530. The minimum Gasteiger partial charge on any atom is -0.349 e. The zero-order valence-corrected chi connectivity index (χ0v) is 15.2. The molecule has 0 saturated carbocycles. The minimum atomic E-state index is -0.421. The van der Waals surface area contributed by atoms with Crippen LogP contribution in [0.3, 0.4) is 0 Å². The molecule has 1 saturated heterocycles. The summed E-state index contributed by atoms with van der Waals surface area (Å²) in [6.07, 6.45) is 2.45. The van der Waals surface area contributed by atoms with Gasteiger partial charge in [-0.3, -0.25) is 9.59 Å². The SMILES string of the molecule is CCC(C)C(N)C(=O)N1CCC(NC(=O)c2ccccc2)CC1.Cl. The normalized spacial score (nSPS) is 17.5. The summed E-state index contributed by atoms with van der Waals surface area (Å²) < 4.78 is 0. The van der Waals surface area contributed by atoms with Gasteiger partial charge in [-0.15, -0.1) is 12.4 Å². The van der Waals surface area contributed by atoms with Gasteiger partial charge in [-0.1, -0.05) is 38.5 Å². The third-order valence-electron chi connectivity index (χ3n) is 4.72. The Morgan fingerprint density at radius 3 is 2.38 bits per heavy atom. The molecular weight excluding hydrogens is 326 g/mol. The Balaban J connectivity index is 0.00000288. The fourth-order valence-corrected chi connectivity index (χ4v) is 2.81. The number of carbonyl (C=O) groups is 2. The van der Waals surface area contributed by atoms with E-state index in [1.807, 2.05) is 36.9 Å². The standard InChI is InChI=1S/C18H27N3O2.ClH/c1-3-13(2)16(19)18(23)21-11-9-15(10-12-21)20-17(22)14-7-5-4-6-8-14;/h4-8,13,15-16H,3,9-12,19H2,1-2H3,(H,20,22);1H. The summed E-state index contributed by atoms with van der Waals surface area (Å²) in [6, 6.07) is 8.90. The van der Waals surface area contributed by atoms with Gasteiger partial charge in [-0.05, 0) is 30.9 Å². The van der Waals surface area contributed by atoms with Crippen molar-refractivity contribution in [2.75, 3.05) is 13.1 Å². The zero-order valence-electron chi connectivity index (χ0n) is 14.4. The van der Waals surface area contributed by atoms with Gasteiger partial charge < -0.3 is 16.0 Å². The monoisotopic (exact) mass is 353 g/mol. The van der Waals surface area contributed by atoms with E-state index in [0.717, 1.165) is 19.3 Å². The number of halogens is 1. The number of carbonyl (C=O) groups excluding carboxylic acids is 2. The predicted octanol–water partition coefficient (Wildman–Crippen LogP) is 2.20. The lowest BCUT2D eigenvalue weighted by Crippen LogP contribution is -2.52. The highest BCUT2D eigenvalue weighted by Gasteiger charge is 2.29. The lowest BCUT2D eigenvalue weighted by molar-refractivity contribution is -0.134. The number of likely N-dealkylation sites (tertiary alicyclic amines) is 1. The van der Waals surface area contributed by atoms with Crippen molar-refractivity contribution < 1.29 is 9.59 Å². The van der Waals surface area contributed by atoms with Crippen LogP contribution >= 0.6 is 12.4 Å². The number of hydrogen-bond acceptors (Lipinski definition) is 3. The maximum absolute atomic E-state index is 12.4. The molecule has 1 aliphatic heterocycles. The van der Waals surface area contributed by atoms with Crippen LogP contribution in [0.2, 0.25) is 0 Å². The summed E-state index contributed by atoms with van der Waals surface area (Å²) in [5, 5.41) is 3.05. The highest BCUT2D eigenvalue weighted by Crippen LogP contribution is 2.15. The van der Waals surface area contributed by atoms with Gasteiger partial charge >= 0.3 is 0 Å². The predicted molar refractivity (Wildman–Crippen MR) is 98.2 cm³/mol. The minimum absolute atomic E-state index is 0. The van der Waals surface area contributed by atoms with Crippen molar-refractivity contribution in [3.8, 4) is 0 Å². The second-order valence-corrected chi connectivity index (χ2v) is 6.35. The Labute approximate surface area is 150 Å². The zero-order chi connectivity index (χ0) is 16.8. The summed E-state index contributed by atoms with van der Waals surface area (Å²) in [5.41, 5.74) is 6.70. The molecule has 1 aromatic rings. The first-order valence-corrected chi connectivity index (χ1v) is 8.43. The first kappa shape index (κ1) is 20.5. The van der Waals surface area contributed by atoms with E-state index in [2.05, 4.69) is 5.32 Å². The summed E-state index contributed by atoms with van der Waals surface area (Å²) >= 11 is 0. The molecule has 0 aromatic heterocycles. The second-order valence-electron chi connectivity index (χ2n) is 6.35. The quantitative estimate of drug-likeness (QED) is 0.852. The Morgan fingerprint density at radius 1 is 1.25 bits per heavy atom. The van der Waals surface area contributed by atoms with Crippen LogP contribution in [0.4, 0.5) is 0 Å². The molecule has 1 fully saturated rings. The number of nitrogens with two attached hydrogens (primary N) is 1. The molecule has 0 spiro atoms. The number of nitrogens with zero attached hydrogens (tertiary/aromatic N) is 1. The third kappa shape index (κ3) is 5.21. The third-order valence-corrected chi connectivity index (χ3v) is 4.72. The molecule has 24 heavy (non-hydrogen) atoms. The molecule has 2 unspecified atom stereocenters. The van der Waals surface area contributed by atoms with E-state index in [9.17, 15) is 9.59 Å². The van der Waals surface area contributed by atoms with Crippen molar-refractivity contribution >= 4 is 24.2 Å². The number of amides is 2. The van der Waals surface area contributed by atoms with Crippen LogP contribution in [0, 0.1) is 5.92 Å². The van der Waals surface area contributed by atoms with Gasteiger partial charge in [0.15, 0.2) is 0 Å². The largest absolute Gasteiger partial charge is 0.349 e. The number of benzene rings is 1. The fourth-order valence-electron chi connectivity index (χ4n) is 2.81. The average Bonchev–Trinajstić information content (AvgIpc) is 2.61. The van der Waals surface area contributed by atoms with Crippen molar-refractivity contribution in [3.05, 3.63) is 35.9 Å². The highest BCUT2D eigenvalue weighted by molar-refractivity contribution is 5.94. The van der Waals surface area contributed by atoms with Crippen molar-refractivity contribution in [2.45, 2.75) is 45.2 Å². The topological polar surface area (TPSA) is 75.4 Å². The van der Waals surface area contributed by atoms with E-state index in [0.29, 0.717) is 18.7 Å². The van der Waals surface area contributed by atoms with Crippen molar-refractivity contribution in [1.29, 1.82) is 0 Å². The number of piperidine rings is 1. The van der Waals surface area contributed by atoms with E-state index in [-0.39, 0.29) is 36.2 Å². The molecular formula is C18H28ClN3O2. The van der Waals surface area contributed by atoms with Crippen LogP contribution in [0.15, 0.2) is 30.3 Å². The molecule has 2 amide bonds. The summed E-state index contributed by atoms with van der Waals surface area (Å²) in [6.45, 7) is 5.37. The van der Waals surface area contributed by atoms with Gasteiger partial charge in [-0.2, -0.15) is 0 Å².